The van der Waals surface area contributed by atoms with Gasteiger partial charge < -0.3 is 13.0 Å². The van der Waals surface area contributed by atoms with Gasteiger partial charge in [-0.1, -0.05) is 134 Å². The van der Waals surface area contributed by atoms with Crippen molar-refractivity contribution in [3.8, 4) is 0 Å². The SMILES string of the molecule is C=C[Si](C)(OCCCCC)O[Si](C)(C=C)OCCCCCCCCCCCCCCCCCC. The van der Waals surface area contributed by atoms with Crippen molar-refractivity contribution in [3.63, 3.8) is 0 Å². The Morgan fingerprint density at radius 2 is 0.735 bits per heavy atom. The Kier molecular flexibility index (Phi) is 23.1. The third kappa shape index (κ3) is 20.0. The molecule has 0 aliphatic heterocycles. The maximum absolute atomic E-state index is 6.43. The quantitative estimate of drug-likeness (QED) is 0.0809. The summed E-state index contributed by atoms with van der Waals surface area (Å²) in [7, 11) is -4.84. The smallest absolute Gasteiger partial charge is 0.352 e. The molecule has 0 aliphatic rings. The van der Waals surface area contributed by atoms with Crippen LogP contribution in [0.5, 0.6) is 0 Å². The predicted molar refractivity (Wildman–Crippen MR) is 156 cm³/mol. The van der Waals surface area contributed by atoms with Gasteiger partial charge in [0.1, 0.15) is 0 Å². The first-order valence-corrected chi connectivity index (χ1v) is 19.5. The van der Waals surface area contributed by atoms with Gasteiger partial charge in [0.25, 0.3) is 0 Å². The molecule has 0 fully saturated rings. The summed E-state index contributed by atoms with van der Waals surface area (Å²) in [6, 6.07) is 0. The van der Waals surface area contributed by atoms with Crippen molar-refractivity contribution in [1.82, 2.24) is 0 Å². The molecule has 0 rings (SSSR count). The second-order valence-electron chi connectivity index (χ2n) is 10.2. The lowest BCUT2D eigenvalue weighted by molar-refractivity contribution is 0.197. The second-order valence-corrected chi connectivity index (χ2v) is 16.5. The Bertz CT molecular complexity index is 474. The van der Waals surface area contributed by atoms with Crippen molar-refractivity contribution < 1.29 is 13.0 Å². The molecule has 0 saturated heterocycles. The Morgan fingerprint density at radius 1 is 0.471 bits per heavy atom. The summed E-state index contributed by atoms with van der Waals surface area (Å²) < 4.78 is 18.8. The number of rotatable bonds is 27. The highest BCUT2D eigenvalue weighted by Gasteiger charge is 2.39. The molecule has 0 radical (unpaired) electrons. The van der Waals surface area contributed by atoms with Crippen LogP contribution < -0.4 is 0 Å². The fourth-order valence-corrected chi connectivity index (χ4v) is 9.91. The van der Waals surface area contributed by atoms with Crippen LogP contribution >= 0.6 is 0 Å². The molecule has 0 heterocycles. The number of unbranched alkanes of at least 4 members (excludes halogenated alkanes) is 17. The van der Waals surface area contributed by atoms with Crippen molar-refractivity contribution in [2.45, 2.75) is 149 Å². The van der Waals surface area contributed by atoms with Crippen LogP contribution in [0.2, 0.25) is 13.1 Å². The minimum atomic E-state index is -2.43. The monoisotopic (exact) mass is 512 g/mol. The predicted octanol–water partition coefficient (Wildman–Crippen LogP) is 10.1. The summed E-state index contributed by atoms with van der Waals surface area (Å²) in [4.78, 5) is 0. The van der Waals surface area contributed by atoms with E-state index < -0.39 is 17.1 Å². The van der Waals surface area contributed by atoms with Gasteiger partial charge in [0.15, 0.2) is 0 Å². The summed E-state index contributed by atoms with van der Waals surface area (Å²) >= 11 is 0. The molecule has 0 bridgehead atoms. The molecule has 0 saturated carbocycles. The summed E-state index contributed by atoms with van der Waals surface area (Å²) in [5, 5.41) is 0. The molecule has 2 atom stereocenters. The van der Waals surface area contributed by atoms with Gasteiger partial charge in [-0.05, 0) is 25.9 Å². The lowest BCUT2D eigenvalue weighted by atomic mass is 10.0. The fraction of sp³-hybridized carbons (Fsp3) is 0.862. The summed E-state index contributed by atoms with van der Waals surface area (Å²) in [6.45, 7) is 18.1. The first-order valence-electron chi connectivity index (χ1n) is 14.7. The highest BCUT2D eigenvalue weighted by atomic mass is 28.5. The minimum Gasteiger partial charge on any atom is -0.409 e. The van der Waals surface area contributed by atoms with E-state index in [4.69, 9.17) is 13.0 Å². The largest absolute Gasteiger partial charge is 0.409 e. The Hall–Kier alpha value is -0.206. The van der Waals surface area contributed by atoms with Crippen LogP contribution in [0.25, 0.3) is 0 Å². The van der Waals surface area contributed by atoms with Gasteiger partial charge in [0.2, 0.25) is 0 Å². The fourth-order valence-electron chi connectivity index (χ4n) is 4.21. The zero-order valence-corrected chi connectivity index (χ0v) is 25.6. The van der Waals surface area contributed by atoms with E-state index >= 15 is 0 Å². The van der Waals surface area contributed by atoms with Crippen LogP contribution in [0, 0.1) is 0 Å². The molecule has 0 spiro atoms. The first-order chi connectivity index (χ1) is 16.4. The van der Waals surface area contributed by atoms with Crippen LogP contribution in [0.4, 0.5) is 0 Å². The van der Waals surface area contributed by atoms with E-state index in [-0.39, 0.29) is 0 Å². The van der Waals surface area contributed by atoms with E-state index in [1.165, 1.54) is 109 Å². The standard InChI is InChI=1S/C29H60O3Si2/c1-7-11-13-14-15-16-17-18-19-20-21-22-23-24-25-27-29-31-34(6,10-4)32-33(5,9-3)30-28-26-12-8-2/h9-10H,3-4,7-8,11-29H2,1-2,5-6H3. The molecular weight excluding hydrogens is 452 g/mol. The number of hydrogen-bond donors (Lipinski definition) is 0. The average molecular weight is 513 g/mol. The maximum atomic E-state index is 6.43. The van der Waals surface area contributed by atoms with Gasteiger partial charge >= 0.3 is 17.1 Å². The summed E-state index contributed by atoms with van der Waals surface area (Å²) in [5.41, 5.74) is 3.77. The van der Waals surface area contributed by atoms with E-state index in [9.17, 15) is 0 Å². The molecule has 0 amide bonds. The van der Waals surface area contributed by atoms with Crippen LogP contribution in [0.3, 0.4) is 0 Å². The average Bonchev–Trinajstić information content (AvgIpc) is 2.84. The molecule has 0 aliphatic carbocycles. The van der Waals surface area contributed by atoms with E-state index in [2.05, 4.69) is 40.1 Å². The molecule has 0 aromatic heterocycles. The topological polar surface area (TPSA) is 27.7 Å². The molecule has 0 N–H and O–H groups in total. The van der Waals surface area contributed by atoms with E-state index in [0.717, 1.165) is 26.1 Å². The Labute approximate surface area is 216 Å². The zero-order valence-electron chi connectivity index (χ0n) is 23.6. The van der Waals surface area contributed by atoms with Crippen molar-refractivity contribution in [2.75, 3.05) is 13.2 Å². The molecule has 2 unspecified atom stereocenters. The third-order valence-corrected chi connectivity index (χ3v) is 13.0. The van der Waals surface area contributed by atoms with Crippen molar-refractivity contribution in [1.29, 1.82) is 0 Å². The molecule has 0 aromatic rings. The van der Waals surface area contributed by atoms with Crippen molar-refractivity contribution in [3.05, 3.63) is 24.6 Å². The molecule has 0 aromatic carbocycles. The van der Waals surface area contributed by atoms with Crippen LogP contribution in [0.15, 0.2) is 24.6 Å². The lowest BCUT2D eigenvalue weighted by Crippen LogP contribution is -2.50. The molecule has 3 nitrogen and oxygen atoms in total. The van der Waals surface area contributed by atoms with E-state index in [1.807, 2.05) is 11.4 Å². The molecule has 202 valence electrons. The van der Waals surface area contributed by atoms with E-state index in [0.29, 0.717) is 0 Å². The van der Waals surface area contributed by atoms with Gasteiger partial charge in [-0.3, -0.25) is 0 Å². The minimum absolute atomic E-state index is 0.739. The molecular formula is C29H60O3Si2. The molecule has 5 heteroatoms. The number of hydrogen-bond acceptors (Lipinski definition) is 3. The third-order valence-electron chi connectivity index (χ3n) is 6.67. The van der Waals surface area contributed by atoms with Gasteiger partial charge in [-0.25, -0.2) is 0 Å². The van der Waals surface area contributed by atoms with Gasteiger partial charge in [0, 0.05) is 13.2 Å². The van der Waals surface area contributed by atoms with Crippen LogP contribution in [-0.4, -0.2) is 30.3 Å². The first kappa shape index (κ1) is 33.8. The van der Waals surface area contributed by atoms with Crippen molar-refractivity contribution in [2.24, 2.45) is 0 Å². The van der Waals surface area contributed by atoms with Gasteiger partial charge in [-0.2, -0.15) is 0 Å². The van der Waals surface area contributed by atoms with E-state index in [1.54, 1.807) is 0 Å². The zero-order chi connectivity index (χ0) is 25.4. The van der Waals surface area contributed by atoms with Crippen molar-refractivity contribution >= 4 is 17.1 Å². The molecule has 34 heavy (non-hydrogen) atoms. The van der Waals surface area contributed by atoms with Gasteiger partial charge in [-0.15, -0.1) is 13.2 Å². The summed E-state index contributed by atoms with van der Waals surface area (Å²) in [6.07, 6.45) is 25.6. The van der Waals surface area contributed by atoms with Crippen LogP contribution in [-0.2, 0) is 13.0 Å². The highest BCUT2D eigenvalue weighted by Crippen LogP contribution is 2.20. The Morgan fingerprint density at radius 3 is 1.06 bits per heavy atom. The Balaban J connectivity index is 3.71. The highest BCUT2D eigenvalue weighted by molar-refractivity contribution is 6.84. The maximum Gasteiger partial charge on any atom is 0.352 e. The van der Waals surface area contributed by atoms with Crippen LogP contribution in [0.1, 0.15) is 136 Å². The normalized spacial score (nSPS) is 15.1. The lowest BCUT2D eigenvalue weighted by Gasteiger charge is -2.33. The van der Waals surface area contributed by atoms with Gasteiger partial charge in [0.05, 0.1) is 0 Å². The second kappa shape index (κ2) is 23.2. The summed E-state index contributed by atoms with van der Waals surface area (Å²) in [5.74, 6) is 0.